The number of ether oxygens (including phenoxy) is 1. The molecule has 0 spiro atoms. The Balaban J connectivity index is 0.000000450. The Morgan fingerprint density at radius 2 is 1.36 bits per heavy atom. The third-order valence-corrected chi connectivity index (χ3v) is 4.42. The molecule has 25 heavy (non-hydrogen) atoms. The van der Waals surface area contributed by atoms with Crippen LogP contribution in [0.4, 0.5) is 4.79 Å². The number of rotatable bonds is 1. The molecule has 0 saturated carbocycles. The molecule has 2 rings (SSSR count). The topological polar surface area (TPSA) is 116 Å². The Kier molecular flexibility index (Phi) is 8.15. The summed E-state index contributed by atoms with van der Waals surface area (Å²) in [6.45, 7) is 9.83. The fourth-order valence-corrected chi connectivity index (χ4v) is 3.20. The number of nitrogens with zero attached hydrogens (tertiary/aromatic N) is 1. The number of nitrogens with one attached hydrogen (secondary N) is 1. The van der Waals surface area contributed by atoms with E-state index in [0.717, 1.165) is 50.9 Å². The van der Waals surface area contributed by atoms with Gasteiger partial charge in [0.25, 0.3) is 0 Å². The number of hydrogen-bond acceptors (Lipinski definition) is 5. The monoisotopic (exact) mass is 358 g/mol. The van der Waals surface area contributed by atoms with Crippen molar-refractivity contribution < 1.29 is 29.3 Å². The summed E-state index contributed by atoms with van der Waals surface area (Å²) in [5.74, 6) is -1.98. The number of aliphatic carboxylic acids is 2. The lowest BCUT2D eigenvalue weighted by molar-refractivity contribution is -0.159. The van der Waals surface area contributed by atoms with E-state index in [0.29, 0.717) is 0 Å². The van der Waals surface area contributed by atoms with Gasteiger partial charge < -0.3 is 25.2 Å². The SMILES string of the molecule is CC(C)(C)OC(=O)N1CCC(C2CCNCC2)CC1.O=C(O)C(=O)O. The number of amides is 1. The van der Waals surface area contributed by atoms with Crippen molar-refractivity contribution in [1.82, 2.24) is 10.2 Å². The van der Waals surface area contributed by atoms with E-state index in [2.05, 4.69) is 5.32 Å². The minimum atomic E-state index is -1.82. The van der Waals surface area contributed by atoms with Crippen molar-refractivity contribution in [2.45, 2.75) is 52.1 Å². The zero-order valence-corrected chi connectivity index (χ0v) is 15.3. The highest BCUT2D eigenvalue weighted by Crippen LogP contribution is 2.31. The number of carbonyl (C=O) groups is 3. The number of piperidine rings is 2. The summed E-state index contributed by atoms with van der Waals surface area (Å²) >= 11 is 0. The van der Waals surface area contributed by atoms with Crippen LogP contribution in [0.15, 0.2) is 0 Å². The van der Waals surface area contributed by atoms with Crippen LogP contribution in [0, 0.1) is 11.8 Å². The highest BCUT2D eigenvalue weighted by Gasteiger charge is 2.30. The molecule has 2 aliphatic heterocycles. The maximum Gasteiger partial charge on any atom is 0.414 e. The van der Waals surface area contributed by atoms with E-state index >= 15 is 0 Å². The quantitative estimate of drug-likeness (QED) is 0.612. The van der Waals surface area contributed by atoms with E-state index < -0.39 is 11.9 Å². The zero-order chi connectivity index (χ0) is 19.0. The highest BCUT2D eigenvalue weighted by molar-refractivity contribution is 6.27. The van der Waals surface area contributed by atoms with Crippen molar-refractivity contribution in [3.8, 4) is 0 Å². The van der Waals surface area contributed by atoms with Crippen LogP contribution in [0.2, 0.25) is 0 Å². The maximum atomic E-state index is 12.0. The lowest BCUT2D eigenvalue weighted by atomic mass is 9.79. The second kappa shape index (κ2) is 9.60. The van der Waals surface area contributed by atoms with Gasteiger partial charge in [-0.15, -0.1) is 0 Å². The van der Waals surface area contributed by atoms with Crippen LogP contribution in [0.25, 0.3) is 0 Å². The Labute approximate surface area is 148 Å². The van der Waals surface area contributed by atoms with Gasteiger partial charge in [0, 0.05) is 13.1 Å². The molecule has 0 atom stereocenters. The summed E-state index contributed by atoms with van der Waals surface area (Å²) in [4.78, 5) is 32.1. The van der Waals surface area contributed by atoms with Crippen molar-refractivity contribution in [3.05, 3.63) is 0 Å². The van der Waals surface area contributed by atoms with Crippen LogP contribution in [0.1, 0.15) is 46.5 Å². The minimum absolute atomic E-state index is 0.142. The van der Waals surface area contributed by atoms with Gasteiger partial charge in [0.05, 0.1) is 0 Å². The van der Waals surface area contributed by atoms with E-state index in [1.54, 1.807) is 0 Å². The van der Waals surface area contributed by atoms with Gasteiger partial charge >= 0.3 is 18.0 Å². The van der Waals surface area contributed by atoms with Gasteiger partial charge in [-0.05, 0) is 71.4 Å². The number of carbonyl (C=O) groups excluding carboxylic acids is 1. The molecule has 3 N–H and O–H groups in total. The smallest absolute Gasteiger partial charge is 0.414 e. The van der Waals surface area contributed by atoms with Crippen LogP contribution in [-0.4, -0.2) is 64.9 Å². The Bertz CT molecular complexity index is 448. The second-order valence-electron chi connectivity index (χ2n) is 7.50. The summed E-state index contributed by atoms with van der Waals surface area (Å²) in [6, 6.07) is 0. The highest BCUT2D eigenvalue weighted by atomic mass is 16.6. The standard InChI is InChI=1S/C15H28N2O2.C2H2O4/c1-15(2,3)19-14(18)17-10-6-13(7-11-17)12-4-8-16-9-5-12;3-1(4)2(5)6/h12-13,16H,4-11H2,1-3H3;(H,3,4)(H,5,6). The molecule has 2 fully saturated rings. The molecule has 2 aliphatic rings. The summed E-state index contributed by atoms with van der Waals surface area (Å²) in [5, 5.41) is 18.2. The lowest BCUT2D eigenvalue weighted by Gasteiger charge is -2.38. The first-order valence-corrected chi connectivity index (χ1v) is 8.75. The first kappa shape index (κ1) is 21.2. The van der Waals surface area contributed by atoms with Crippen LogP contribution >= 0.6 is 0 Å². The first-order valence-electron chi connectivity index (χ1n) is 8.75. The fourth-order valence-electron chi connectivity index (χ4n) is 3.20. The summed E-state index contributed by atoms with van der Waals surface area (Å²) in [7, 11) is 0. The van der Waals surface area contributed by atoms with Gasteiger partial charge in [0.1, 0.15) is 5.60 Å². The lowest BCUT2D eigenvalue weighted by Crippen LogP contribution is -2.44. The molecule has 144 valence electrons. The van der Waals surface area contributed by atoms with Gasteiger partial charge in [0.2, 0.25) is 0 Å². The van der Waals surface area contributed by atoms with Crippen LogP contribution < -0.4 is 5.32 Å². The Morgan fingerprint density at radius 1 is 0.920 bits per heavy atom. The normalized spacial score (nSPS) is 19.6. The molecular weight excluding hydrogens is 328 g/mol. The van der Waals surface area contributed by atoms with Gasteiger partial charge in [-0.2, -0.15) is 0 Å². The number of carboxylic acids is 2. The molecule has 2 saturated heterocycles. The molecule has 0 aromatic carbocycles. The largest absolute Gasteiger partial charge is 0.473 e. The molecule has 8 nitrogen and oxygen atoms in total. The van der Waals surface area contributed by atoms with E-state index in [-0.39, 0.29) is 11.7 Å². The molecular formula is C17H30N2O6. The van der Waals surface area contributed by atoms with Crippen molar-refractivity contribution in [3.63, 3.8) is 0 Å². The molecule has 0 aromatic rings. The minimum Gasteiger partial charge on any atom is -0.473 e. The van der Waals surface area contributed by atoms with Gasteiger partial charge in [-0.3, -0.25) is 0 Å². The predicted octanol–water partition coefficient (Wildman–Crippen LogP) is 1.79. The summed E-state index contributed by atoms with van der Waals surface area (Å²) in [6.07, 6.45) is 4.75. The fraction of sp³-hybridized carbons (Fsp3) is 0.824. The van der Waals surface area contributed by atoms with Crippen molar-refractivity contribution >= 4 is 18.0 Å². The Morgan fingerprint density at radius 3 is 1.76 bits per heavy atom. The average molecular weight is 358 g/mol. The average Bonchev–Trinajstić information content (AvgIpc) is 2.55. The predicted molar refractivity (Wildman–Crippen MR) is 91.4 cm³/mol. The van der Waals surface area contributed by atoms with Gasteiger partial charge in [-0.1, -0.05) is 0 Å². The van der Waals surface area contributed by atoms with Crippen molar-refractivity contribution in [2.75, 3.05) is 26.2 Å². The number of likely N-dealkylation sites (tertiary alicyclic amines) is 1. The summed E-state index contributed by atoms with van der Waals surface area (Å²) < 4.78 is 5.43. The summed E-state index contributed by atoms with van der Waals surface area (Å²) in [5.41, 5.74) is -0.386. The van der Waals surface area contributed by atoms with Crippen LogP contribution in [0.3, 0.4) is 0 Å². The maximum absolute atomic E-state index is 12.0. The van der Waals surface area contributed by atoms with Crippen LogP contribution in [0.5, 0.6) is 0 Å². The number of hydrogen-bond donors (Lipinski definition) is 3. The molecule has 2 heterocycles. The zero-order valence-electron chi connectivity index (χ0n) is 15.3. The van der Waals surface area contributed by atoms with E-state index in [1.165, 1.54) is 12.8 Å². The third-order valence-electron chi connectivity index (χ3n) is 4.42. The number of carboxylic acid groups (broad SMARTS) is 2. The Hall–Kier alpha value is -1.83. The van der Waals surface area contributed by atoms with Crippen molar-refractivity contribution in [1.29, 1.82) is 0 Å². The van der Waals surface area contributed by atoms with E-state index in [9.17, 15) is 4.79 Å². The molecule has 0 aliphatic carbocycles. The molecule has 0 unspecified atom stereocenters. The molecule has 0 aromatic heterocycles. The molecule has 8 heteroatoms. The molecule has 0 bridgehead atoms. The van der Waals surface area contributed by atoms with E-state index in [4.69, 9.17) is 24.5 Å². The van der Waals surface area contributed by atoms with Gasteiger partial charge in [0.15, 0.2) is 0 Å². The van der Waals surface area contributed by atoms with Crippen LogP contribution in [-0.2, 0) is 14.3 Å². The molecule has 0 radical (unpaired) electrons. The molecule has 1 amide bonds. The third kappa shape index (κ3) is 8.20. The first-order chi connectivity index (χ1) is 11.6. The van der Waals surface area contributed by atoms with E-state index in [1.807, 2.05) is 25.7 Å². The van der Waals surface area contributed by atoms with Crippen molar-refractivity contribution in [2.24, 2.45) is 11.8 Å². The second-order valence-corrected chi connectivity index (χ2v) is 7.50. The van der Waals surface area contributed by atoms with Gasteiger partial charge in [-0.25, -0.2) is 14.4 Å².